The van der Waals surface area contributed by atoms with Gasteiger partial charge >= 0.3 is 5.97 Å². The minimum atomic E-state index is -0.941. The number of aryl methyl sites for hydroxylation is 1. The lowest BCUT2D eigenvalue weighted by atomic mass is 9.74. The summed E-state index contributed by atoms with van der Waals surface area (Å²) in [6, 6.07) is 9.41. The van der Waals surface area contributed by atoms with Crippen molar-refractivity contribution in [2.45, 2.75) is 50.5 Å². The van der Waals surface area contributed by atoms with Gasteiger partial charge in [0, 0.05) is 12.5 Å². The average Bonchev–Trinajstić information content (AvgIpc) is 3.00. The third kappa shape index (κ3) is 3.48. The molecule has 2 aliphatic rings. The van der Waals surface area contributed by atoms with E-state index in [1.807, 2.05) is 18.2 Å². The quantitative estimate of drug-likeness (QED) is 0.734. The zero-order valence-corrected chi connectivity index (χ0v) is 15.3. The number of fused-ring (bicyclic) bond motifs is 1. The summed E-state index contributed by atoms with van der Waals surface area (Å²) in [6.07, 6.45) is 7.28. The van der Waals surface area contributed by atoms with Crippen molar-refractivity contribution in [1.82, 2.24) is 9.55 Å². The maximum Gasteiger partial charge on any atom is 0.326 e. The van der Waals surface area contributed by atoms with Crippen molar-refractivity contribution in [2.24, 2.45) is 5.92 Å². The molecule has 0 radical (unpaired) electrons. The van der Waals surface area contributed by atoms with E-state index in [1.54, 1.807) is 6.20 Å². The molecule has 2 N–H and O–H groups in total. The molecule has 1 aromatic heterocycles. The topological polar surface area (TPSA) is 84.2 Å². The predicted octanol–water partition coefficient (Wildman–Crippen LogP) is 3.20. The maximum absolute atomic E-state index is 12.9. The van der Waals surface area contributed by atoms with E-state index in [0.717, 1.165) is 25.7 Å². The second-order valence-electron chi connectivity index (χ2n) is 7.61. The highest BCUT2D eigenvalue weighted by molar-refractivity contribution is 5.73. The number of nitrogens with zero attached hydrogens (tertiary/aromatic N) is 2. The molecule has 6 heteroatoms. The summed E-state index contributed by atoms with van der Waals surface area (Å²) in [4.78, 5) is 29.1. The third-order valence-electron chi connectivity index (χ3n) is 5.95. The number of nitrogens with one attached hydrogen (secondary N) is 1. The van der Waals surface area contributed by atoms with E-state index < -0.39 is 12.0 Å². The summed E-state index contributed by atoms with van der Waals surface area (Å²) in [5.74, 6) is 0.284. The van der Waals surface area contributed by atoms with E-state index >= 15 is 0 Å². The van der Waals surface area contributed by atoms with Gasteiger partial charge < -0.3 is 10.4 Å². The SMILES string of the molecule is O=C(O)C1CC(C2CCC2)c2ncc(NCCCc3ccccc3)c(=O)n21. The highest BCUT2D eigenvalue weighted by Crippen LogP contribution is 2.46. The minimum absolute atomic E-state index is 0.0969. The number of carbonyl (C=O) groups is 1. The highest BCUT2D eigenvalue weighted by Gasteiger charge is 2.42. The number of hydrogen-bond acceptors (Lipinski definition) is 4. The molecule has 1 fully saturated rings. The van der Waals surface area contributed by atoms with Crippen molar-refractivity contribution >= 4 is 11.7 Å². The summed E-state index contributed by atoms with van der Waals surface area (Å²) in [5.41, 5.74) is 1.40. The molecule has 2 unspecified atom stereocenters. The molecule has 0 bridgehead atoms. The fourth-order valence-corrected chi connectivity index (χ4v) is 4.25. The summed E-state index contributed by atoms with van der Waals surface area (Å²) in [7, 11) is 0. The van der Waals surface area contributed by atoms with Gasteiger partial charge in [-0.2, -0.15) is 0 Å². The number of hydrogen-bond donors (Lipinski definition) is 2. The molecule has 2 heterocycles. The molecule has 0 amide bonds. The van der Waals surface area contributed by atoms with Gasteiger partial charge in [0.1, 0.15) is 17.6 Å². The smallest absolute Gasteiger partial charge is 0.326 e. The van der Waals surface area contributed by atoms with Gasteiger partial charge in [0.05, 0.1) is 6.20 Å². The third-order valence-corrected chi connectivity index (χ3v) is 5.95. The van der Waals surface area contributed by atoms with Crippen LogP contribution in [0.2, 0.25) is 0 Å². The first-order valence-corrected chi connectivity index (χ1v) is 9.77. The number of benzene rings is 1. The zero-order valence-electron chi connectivity index (χ0n) is 15.3. The van der Waals surface area contributed by atoms with Gasteiger partial charge in [-0.25, -0.2) is 9.78 Å². The van der Waals surface area contributed by atoms with Crippen LogP contribution in [0.5, 0.6) is 0 Å². The van der Waals surface area contributed by atoms with Gasteiger partial charge in [-0.3, -0.25) is 9.36 Å². The van der Waals surface area contributed by atoms with E-state index in [2.05, 4.69) is 22.4 Å². The molecule has 1 aliphatic heterocycles. The van der Waals surface area contributed by atoms with E-state index in [0.29, 0.717) is 30.4 Å². The van der Waals surface area contributed by atoms with Crippen LogP contribution in [0.25, 0.3) is 0 Å². The highest BCUT2D eigenvalue weighted by atomic mass is 16.4. The fraction of sp³-hybridized carbons (Fsp3) is 0.476. The first-order valence-electron chi connectivity index (χ1n) is 9.77. The van der Waals surface area contributed by atoms with E-state index in [1.165, 1.54) is 16.6 Å². The van der Waals surface area contributed by atoms with Crippen LogP contribution in [-0.2, 0) is 11.2 Å². The van der Waals surface area contributed by atoms with Crippen molar-refractivity contribution in [2.75, 3.05) is 11.9 Å². The standard InChI is InChI=1S/C21H25N3O3/c25-20-17(22-11-5-8-14-6-2-1-3-7-14)13-23-19-16(15-9-4-10-15)12-18(21(26)27)24(19)20/h1-3,6-7,13,15-16,18,22H,4-5,8-12H2,(H,26,27). The lowest BCUT2D eigenvalue weighted by Gasteiger charge is -2.30. The van der Waals surface area contributed by atoms with Gasteiger partial charge in [0.15, 0.2) is 0 Å². The molecule has 1 aliphatic carbocycles. The van der Waals surface area contributed by atoms with Crippen molar-refractivity contribution in [3.05, 3.63) is 58.3 Å². The summed E-state index contributed by atoms with van der Waals surface area (Å²) in [5, 5.41) is 12.8. The van der Waals surface area contributed by atoms with Gasteiger partial charge in [-0.1, -0.05) is 36.8 Å². The molecular formula is C21H25N3O3. The molecule has 1 aromatic carbocycles. The first kappa shape index (κ1) is 17.8. The molecule has 2 aromatic rings. The van der Waals surface area contributed by atoms with E-state index in [-0.39, 0.29) is 11.5 Å². The molecule has 2 atom stereocenters. The molecule has 142 valence electrons. The number of aliphatic carboxylic acids is 1. The molecule has 0 saturated heterocycles. The average molecular weight is 367 g/mol. The zero-order chi connectivity index (χ0) is 18.8. The van der Waals surface area contributed by atoms with E-state index in [9.17, 15) is 14.7 Å². The van der Waals surface area contributed by atoms with Gasteiger partial charge in [-0.15, -0.1) is 0 Å². The van der Waals surface area contributed by atoms with Crippen molar-refractivity contribution < 1.29 is 9.90 Å². The number of rotatable bonds is 7. The van der Waals surface area contributed by atoms with Crippen LogP contribution in [0.15, 0.2) is 41.3 Å². The number of anilines is 1. The monoisotopic (exact) mass is 367 g/mol. The Bertz CT molecular complexity index is 874. The van der Waals surface area contributed by atoms with Gasteiger partial charge in [0.2, 0.25) is 0 Å². The minimum Gasteiger partial charge on any atom is -0.480 e. The lowest BCUT2D eigenvalue weighted by molar-refractivity contribution is -0.140. The Hall–Kier alpha value is -2.63. The summed E-state index contributed by atoms with van der Waals surface area (Å²) < 4.78 is 1.42. The summed E-state index contributed by atoms with van der Waals surface area (Å²) in [6.45, 7) is 0.648. The molecule has 0 spiro atoms. The molecular weight excluding hydrogens is 342 g/mol. The number of aromatic nitrogens is 2. The van der Waals surface area contributed by atoms with Crippen molar-refractivity contribution in [3.8, 4) is 0 Å². The molecule has 4 rings (SSSR count). The predicted molar refractivity (Wildman–Crippen MR) is 103 cm³/mol. The Morgan fingerprint density at radius 3 is 2.70 bits per heavy atom. The van der Waals surface area contributed by atoms with Crippen LogP contribution >= 0.6 is 0 Å². The van der Waals surface area contributed by atoms with Crippen LogP contribution < -0.4 is 10.9 Å². The van der Waals surface area contributed by atoms with Crippen molar-refractivity contribution in [3.63, 3.8) is 0 Å². The summed E-state index contributed by atoms with van der Waals surface area (Å²) >= 11 is 0. The normalized spacial score (nSPS) is 21.5. The van der Waals surface area contributed by atoms with Gasteiger partial charge in [-0.05, 0) is 43.6 Å². The van der Waals surface area contributed by atoms with Crippen LogP contribution in [0.4, 0.5) is 5.69 Å². The first-order chi connectivity index (χ1) is 13.1. The molecule has 27 heavy (non-hydrogen) atoms. The number of carboxylic acids is 1. The molecule has 6 nitrogen and oxygen atoms in total. The lowest BCUT2D eigenvalue weighted by Crippen LogP contribution is -2.30. The van der Waals surface area contributed by atoms with E-state index in [4.69, 9.17) is 0 Å². The van der Waals surface area contributed by atoms with Crippen molar-refractivity contribution in [1.29, 1.82) is 0 Å². The fourth-order valence-electron chi connectivity index (χ4n) is 4.25. The number of carboxylic acid groups (broad SMARTS) is 1. The van der Waals surface area contributed by atoms with Crippen LogP contribution in [0, 0.1) is 5.92 Å². The van der Waals surface area contributed by atoms with Crippen LogP contribution in [-0.4, -0.2) is 27.2 Å². The Balaban J connectivity index is 1.48. The Morgan fingerprint density at radius 1 is 1.26 bits per heavy atom. The maximum atomic E-state index is 12.9. The second-order valence-corrected chi connectivity index (χ2v) is 7.61. The molecule has 1 saturated carbocycles. The Morgan fingerprint density at radius 2 is 2.04 bits per heavy atom. The Labute approximate surface area is 158 Å². The van der Waals surface area contributed by atoms with Crippen LogP contribution in [0.3, 0.4) is 0 Å². The van der Waals surface area contributed by atoms with Gasteiger partial charge in [0.25, 0.3) is 5.56 Å². The Kier molecular flexibility index (Phi) is 4.97. The van der Waals surface area contributed by atoms with Crippen LogP contribution in [0.1, 0.15) is 55.5 Å². The second kappa shape index (κ2) is 7.55. The largest absolute Gasteiger partial charge is 0.480 e.